The van der Waals surface area contributed by atoms with Gasteiger partial charge in [-0.25, -0.2) is 9.98 Å². The molecule has 2 aromatic carbocycles. The Bertz CT molecular complexity index is 647. The molecule has 0 aromatic heterocycles. The number of rotatable bonds is 4. The van der Waals surface area contributed by atoms with Crippen LogP contribution in [0.3, 0.4) is 0 Å². The molecule has 4 nitrogen and oxygen atoms in total. The van der Waals surface area contributed by atoms with Crippen LogP contribution in [0.15, 0.2) is 70.6 Å². The molecule has 24 heavy (non-hydrogen) atoms. The van der Waals surface area contributed by atoms with Gasteiger partial charge >= 0.3 is 0 Å². The molecule has 0 bridgehead atoms. The summed E-state index contributed by atoms with van der Waals surface area (Å²) < 4.78 is 11.0. The SMILES string of the molecule is COC1=N[C@H](Cc2ccccc2)C(OC)=N[C@H]1Cc1ccccc1. The maximum absolute atomic E-state index is 5.52. The summed E-state index contributed by atoms with van der Waals surface area (Å²) in [7, 11) is 3.31. The quantitative estimate of drug-likeness (QED) is 0.867. The van der Waals surface area contributed by atoms with Crippen molar-refractivity contribution >= 4 is 11.8 Å². The number of methoxy groups -OCH3 is 2. The molecule has 0 N–H and O–H groups in total. The van der Waals surface area contributed by atoms with Gasteiger partial charge in [-0.2, -0.15) is 0 Å². The standard InChI is InChI=1S/C20H22N2O2/c1-23-19-17(13-15-9-5-3-6-10-15)22-20(24-2)18(21-19)14-16-11-7-4-8-12-16/h3-12,17-18H,13-14H2,1-2H3/t17-,18+. The van der Waals surface area contributed by atoms with Crippen LogP contribution in [0.1, 0.15) is 11.1 Å². The van der Waals surface area contributed by atoms with E-state index in [1.807, 2.05) is 36.4 Å². The third kappa shape index (κ3) is 3.82. The Morgan fingerprint density at radius 1 is 0.667 bits per heavy atom. The zero-order chi connectivity index (χ0) is 16.8. The molecule has 0 radical (unpaired) electrons. The van der Waals surface area contributed by atoms with E-state index in [1.165, 1.54) is 11.1 Å². The predicted molar refractivity (Wildman–Crippen MR) is 96.8 cm³/mol. The number of hydrogen-bond acceptors (Lipinski definition) is 4. The molecular weight excluding hydrogens is 300 g/mol. The molecule has 0 saturated heterocycles. The molecule has 1 aliphatic heterocycles. The van der Waals surface area contributed by atoms with Crippen LogP contribution in [0.5, 0.6) is 0 Å². The molecule has 3 rings (SSSR count). The number of hydrogen-bond donors (Lipinski definition) is 0. The van der Waals surface area contributed by atoms with Crippen molar-refractivity contribution in [2.75, 3.05) is 14.2 Å². The Morgan fingerprint density at radius 3 is 1.38 bits per heavy atom. The van der Waals surface area contributed by atoms with E-state index in [-0.39, 0.29) is 12.1 Å². The van der Waals surface area contributed by atoms with Crippen LogP contribution in [-0.2, 0) is 22.3 Å². The molecular formula is C20H22N2O2. The summed E-state index contributed by atoms with van der Waals surface area (Å²) >= 11 is 0. The molecule has 1 aliphatic rings. The van der Waals surface area contributed by atoms with Crippen LogP contribution >= 0.6 is 0 Å². The second kappa shape index (κ2) is 7.77. The average molecular weight is 322 g/mol. The minimum atomic E-state index is -0.139. The smallest absolute Gasteiger partial charge is 0.209 e. The minimum Gasteiger partial charge on any atom is -0.483 e. The first-order valence-electron chi connectivity index (χ1n) is 8.11. The van der Waals surface area contributed by atoms with E-state index in [2.05, 4.69) is 24.3 Å². The molecule has 0 spiro atoms. The Labute approximate surface area is 142 Å². The average Bonchev–Trinajstić information content (AvgIpc) is 2.64. The normalized spacial score (nSPS) is 20.1. The number of benzene rings is 2. The zero-order valence-corrected chi connectivity index (χ0v) is 14.1. The van der Waals surface area contributed by atoms with Gasteiger partial charge in [0.15, 0.2) is 0 Å². The first-order chi connectivity index (χ1) is 11.8. The van der Waals surface area contributed by atoms with Crippen molar-refractivity contribution in [3.63, 3.8) is 0 Å². The van der Waals surface area contributed by atoms with E-state index >= 15 is 0 Å². The van der Waals surface area contributed by atoms with E-state index < -0.39 is 0 Å². The first-order valence-corrected chi connectivity index (χ1v) is 8.11. The van der Waals surface area contributed by atoms with Crippen LogP contribution in [-0.4, -0.2) is 38.1 Å². The number of nitrogens with zero attached hydrogens (tertiary/aromatic N) is 2. The molecule has 1 heterocycles. The molecule has 0 unspecified atom stereocenters. The highest BCUT2D eigenvalue weighted by Crippen LogP contribution is 2.18. The predicted octanol–water partition coefficient (Wildman–Crippen LogP) is 3.31. The Morgan fingerprint density at radius 2 is 1.04 bits per heavy atom. The highest BCUT2D eigenvalue weighted by Gasteiger charge is 2.29. The van der Waals surface area contributed by atoms with Crippen molar-refractivity contribution in [1.82, 2.24) is 0 Å². The van der Waals surface area contributed by atoms with Crippen LogP contribution in [0.25, 0.3) is 0 Å². The summed E-state index contributed by atoms with van der Waals surface area (Å²) in [6.07, 6.45) is 1.50. The molecule has 2 aromatic rings. The fourth-order valence-corrected chi connectivity index (χ4v) is 2.91. The molecule has 4 heteroatoms. The Hall–Kier alpha value is -2.62. The summed E-state index contributed by atoms with van der Waals surface area (Å²) in [6, 6.07) is 20.2. The molecule has 0 saturated carbocycles. The fraction of sp³-hybridized carbons (Fsp3) is 0.300. The van der Waals surface area contributed by atoms with Gasteiger partial charge in [-0.3, -0.25) is 0 Å². The summed E-state index contributed by atoms with van der Waals surface area (Å²) in [5.74, 6) is 1.33. The lowest BCUT2D eigenvalue weighted by Crippen LogP contribution is -2.37. The maximum Gasteiger partial charge on any atom is 0.209 e. The van der Waals surface area contributed by atoms with E-state index in [0.717, 1.165) is 12.8 Å². The molecule has 0 aliphatic carbocycles. The maximum atomic E-state index is 5.52. The van der Waals surface area contributed by atoms with Gasteiger partial charge in [0.05, 0.1) is 14.2 Å². The van der Waals surface area contributed by atoms with Gasteiger partial charge in [0.25, 0.3) is 0 Å². The second-order valence-corrected chi connectivity index (χ2v) is 5.75. The van der Waals surface area contributed by atoms with Crippen molar-refractivity contribution in [1.29, 1.82) is 0 Å². The van der Waals surface area contributed by atoms with E-state index in [4.69, 9.17) is 19.5 Å². The van der Waals surface area contributed by atoms with Gasteiger partial charge in [-0.1, -0.05) is 60.7 Å². The topological polar surface area (TPSA) is 43.2 Å². The van der Waals surface area contributed by atoms with Gasteiger partial charge in [-0.05, 0) is 11.1 Å². The Kier molecular flexibility index (Phi) is 5.26. The summed E-state index contributed by atoms with van der Waals surface area (Å²) in [5.41, 5.74) is 2.40. The number of aliphatic imine (C=N–C) groups is 2. The summed E-state index contributed by atoms with van der Waals surface area (Å²) in [5, 5.41) is 0. The molecule has 0 fully saturated rings. The molecule has 124 valence electrons. The van der Waals surface area contributed by atoms with Gasteiger partial charge in [0, 0.05) is 12.8 Å². The molecule has 2 atom stereocenters. The zero-order valence-electron chi connectivity index (χ0n) is 14.1. The van der Waals surface area contributed by atoms with Crippen LogP contribution in [0.2, 0.25) is 0 Å². The highest BCUT2D eigenvalue weighted by molar-refractivity contribution is 5.94. The largest absolute Gasteiger partial charge is 0.483 e. The monoisotopic (exact) mass is 322 g/mol. The lowest BCUT2D eigenvalue weighted by Gasteiger charge is -2.25. The van der Waals surface area contributed by atoms with Gasteiger partial charge in [0.2, 0.25) is 11.8 Å². The van der Waals surface area contributed by atoms with Crippen molar-refractivity contribution in [2.24, 2.45) is 9.98 Å². The third-order valence-corrected chi connectivity index (χ3v) is 4.10. The molecule has 0 amide bonds. The first kappa shape index (κ1) is 16.2. The van der Waals surface area contributed by atoms with E-state index in [1.54, 1.807) is 14.2 Å². The van der Waals surface area contributed by atoms with Gasteiger partial charge in [0.1, 0.15) is 12.1 Å². The lowest BCUT2D eigenvalue weighted by atomic mass is 10.0. The van der Waals surface area contributed by atoms with Crippen molar-refractivity contribution < 1.29 is 9.47 Å². The van der Waals surface area contributed by atoms with Crippen molar-refractivity contribution in [3.8, 4) is 0 Å². The van der Waals surface area contributed by atoms with Crippen molar-refractivity contribution in [2.45, 2.75) is 24.9 Å². The van der Waals surface area contributed by atoms with Gasteiger partial charge in [-0.15, -0.1) is 0 Å². The highest BCUT2D eigenvalue weighted by atomic mass is 16.5. The minimum absolute atomic E-state index is 0.139. The van der Waals surface area contributed by atoms with E-state index in [0.29, 0.717) is 11.8 Å². The Balaban J connectivity index is 1.81. The fourth-order valence-electron chi connectivity index (χ4n) is 2.91. The third-order valence-electron chi connectivity index (χ3n) is 4.10. The van der Waals surface area contributed by atoms with Crippen LogP contribution in [0.4, 0.5) is 0 Å². The summed E-state index contributed by atoms with van der Waals surface area (Å²) in [4.78, 5) is 9.53. The van der Waals surface area contributed by atoms with E-state index in [9.17, 15) is 0 Å². The van der Waals surface area contributed by atoms with Gasteiger partial charge < -0.3 is 9.47 Å². The second-order valence-electron chi connectivity index (χ2n) is 5.75. The lowest BCUT2D eigenvalue weighted by molar-refractivity contribution is 0.346. The van der Waals surface area contributed by atoms with Crippen LogP contribution in [0, 0.1) is 0 Å². The van der Waals surface area contributed by atoms with Crippen molar-refractivity contribution in [3.05, 3.63) is 71.8 Å². The summed E-state index contributed by atoms with van der Waals surface area (Å²) in [6.45, 7) is 0. The van der Waals surface area contributed by atoms with Crippen LogP contribution < -0.4 is 0 Å². The number of ether oxygens (including phenoxy) is 2.